The van der Waals surface area contributed by atoms with Gasteiger partial charge in [0.25, 0.3) is 0 Å². The Labute approximate surface area is 140 Å². The van der Waals surface area contributed by atoms with Gasteiger partial charge in [-0.2, -0.15) is 0 Å². The maximum absolute atomic E-state index is 4.14. The minimum Gasteiger partial charge on any atom is -0.0984 e. The molecule has 0 amide bonds. The summed E-state index contributed by atoms with van der Waals surface area (Å²) in [6, 6.07) is 0. The Balaban J connectivity index is 3.98. The monoisotopic (exact) mass is 398 g/mol. The zero-order valence-corrected chi connectivity index (χ0v) is 16.1. The summed E-state index contributed by atoms with van der Waals surface area (Å²) in [7, 11) is 0. The Morgan fingerprint density at radius 3 is 1.90 bits per heavy atom. The lowest BCUT2D eigenvalue weighted by atomic mass is 9.82. The number of hydrogen-bond donors (Lipinski definition) is 0. The van der Waals surface area contributed by atoms with Gasteiger partial charge in [-0.1, -0.05) is 71.9 Å². The SMILES string of the molecule is C=Cc1c(CC)c(C(=C)Br)c(CC)c([C@@H](C)Br)c1CC. The molecule has 0 aliphatic heterocycles. The molecule has 0 N–H and O–H groups in total. The van der Waals surface area contributed by atoms with Crippen molar-refractivity contribution in [2.24, 2.45) is 0 Å². The smallest absolute Gasteiger partial charge is 0.0373 e. The third-order valence-electron chi connectivity index (χ3n) is 3.84. The molecule has 20 heavy (non-hydrogen) atoms. The minimum absolute atomic E-state index is 0.336. The van der Waals surface area contributed by atoms with Gasteiger partial charge < -0.3 is 0 Å². The highest BCUT2D eigenvalue weighted by molar-refractivity contribution is 9.15. The molecule has 1 rings (SSSR count). The van der Waals surface area contributed by atoms with Crippen molar-refractivity contribution in [3.63, 3.8) is 0 Å². The molecule has 0 spiro atoms. The van der Waals surface area contributed by atoms with Gasteiger partial charge in [-0.25, -0.2) is 0 Å². The van der Waals surface area contributed by atoms with Crippen molar-refractivity contribution >= 4 is 42.4 Å². The molecule has 0 radical (unpaired) electrons. The second-order valence-corrected chi connectivity index (χ2v) is 7.25. The zero-order valence-electron chi connectivity index (χ0n) is 12.9. The molecule has 0 saturated carbocycles. The lowest BCUT2D eigenvalue weighted by Gasteiger charge is -2.25. The molecular weight excluding hydrogens is 376 g/mol. The third-order valence-corrected chi connectivity index (χ3v) is 4.69. The van der Waals surface area contributed by atoms with Gasteiger partial charge in [-0.3, -0.25) is 0 Å². The van der Waals surface area contributed by atoms with E-state index in [0.717, 1.165) is 23.7 Å². The van der Waals surface area contributed by atoms with Crippen molar-refractivity contribution < 1.29 is 0 Å². The number of alkyl halides is 1. The van der Waals surface area contributed by atoms with E-state index in [-0.39, 0.29) is 0 Å². The number of benzene rings is 1. The second-order valence-electron chi connectivity index (χ2n) is 4.92. The van der Waals surface area contributed by atoms with Crippen LogP contribution in [-0.4, -0.2) is 0 Å². The molecule has 0 saturated heterocycles. The van der Waals surface area contributed by atoms with E-state index < -0.39 is 0 Å². The van der Waals surface area contributed by atoms with Crippen molar-refractivity contribution in [1.29, 1.82) is 0 Å². The molecule has 0 aliphatic rings. The van der Waals surface area contributed by atoms with Crippen LogP contribution in [0.1, 0.15) is 65.9 Å². The molecule has 110 valence electrons. The molecule has 1 atom stereocenters. The van der Waals surface area contributed by atoms with Gasteiger partial charge in [0.05, 0.1) is 0 Å². The molecule has 0 aliphatic carbocycles. The summed E-state index contributed by atoms with van der Waals surface area (Å²) < 4.78 is 0.978. The fourth-order valence-corrected chi connectivity index (χ4v) is 4.16. The van der Waals surface area contributed by atoms with E-state index in [1.165, 1.54) is 33.4 Å². The molecule has 0 aromatic heterocycles. The van der Waals surface area contributed by atoms with E-state index in [4.69, 9.17) is 0 Å². The first-order chi connectivity index (χ1) is 9.44. The summed E-state index contributed by atoms with van der Waals surface area (Å²) in [5.41, 5.74) is 8.20. The lowest BCUT2D eigenvalue weighted by molar-refractivity contribution is 0.948. The molecule has 1 aromatic carbocycles. The average Bonchev–Trinajstić information content (AvgIpc) is 2.42. The van der Waals surface area contributed by atoms with E-state index in [1.807, 2.05) is 6.08 Å². The van der Waals surface area contributed by atoms with E-state index in [1.54, 1.807) is 0 Å². The van der Waals surface area contributed by atoms with Crippen molar-refractivity contribution in [1.82, 2.24) is 0 Å². The average molecular weight is 400 g/mol. The van der Waals surface area contributed by atoms with Crippen LogP contribution in [0.15, 0.2) is 13.2 Å². The van der Waals surface area contributed by atoms with Crippen LogP contribution in [0.5, 0.6) is 0 Å². The Hall–Kier alpha value is -0.340. The van der Waals surface area contributed by atoms with Crippen molar-refractivity contribution in [3.8, 4) is 0 Å². The predicted octanol–water partition coefficient (Wildman–Crippen LogP) is 6.84. The molecule has 0 nitrogen and oxygen atoms in total. The largest absolute Gasteiger partial charge is 0.0984 e. The highest BCUT2D eigenvalue weighted by atomic mass is 79.9. The summed E-state index contributed by atoms with van der Waals surface area (Å²) in [5.74, 6) is 0. The van der Waals surface area contributed by atoms with Gasteiger partial charge in [-0.15, -0.1) is 0 Å². The van der Waals surface area contributed by atoms with Crippen molar-refractivity contribution in [2.75, 3.05) is 0 Å². The summed E-state index contributed by atoms with van der Waals surface area (Å²) in [5, 5.41) is 0. The van der Waals surface area contributed by atoms with Gasteiger partial charge in [0.15, 0.2) is 0 Å². The quantitative estimate of drug-likeness (QED) is 0.459. The molecule has 1 aromatic rings. The molecule has 0 unspecified atom stereocenters. The van der Waals surface area contributed by atoms with Crippen LogP contribution in [0.25, 0.3) is 10.6 Å². The number of hydrogen-bond acceptors (Lipinski definition) is 0. The van der Waals surface area contributed by atoms with Gasteiger partial charge in [0, 0.05) is 9.31 Å². The van der Waals surface area contributed by atoms with Crippen LogP contribution in [-0.2, 0) is 19.3 Å². The fraction of sp³-hybridized carbons (Fsp3) is 0.444. The normalized spacial score (nSPS) is 12.3. The van der Waals surface area contributed by atoms with E-state index in [2.05, 4.69) is 72.7 Å². The lowest BCUT2D eigenvalue weighted by Crippen LogP contribution is -2.10. The predicted molar refractivity (Wildman–Crippen MR) is 100.0 cm³/mol. The summed E-state index contributed by atoms with van der Waals surface area (Å²) in [6.45, 7) is 17.0. The Kier molecular flexibility index (Phi) is 6.74. The Morgan fingerprint density at radius 1 is 1.10 bits per heavy atom. The van der Waals surface area contributed by atoms with Crippen LogP contribution in [0, 0.1) is 0 Å². The van der Waals surface area contributed by atoms with Crippen molar-refractivity contribution in [2.45, 2.75) is 51.8 Å². The minimum atomic E-state index is 0.336. The summed E-state index contributed by atoms with van der Waals surface area (Å²) in [6.07, 6.45) is 5.05. The van der Waals surface area contributed by atoms with E-state index >= 15 is 0 Å². The Morgan fingerprint density at radius 2 is 1.60 bits per heavy atom. The molecule has 0 fully saturated rings. The van der Waals surface area contributed by atoms with E-state index in [9.17, 15) is 0 Å². The first-order valence-corrected chi connectivity index (χ1v) is 8.96. The molecule has 2 heteroatoms. The topological polar surface area (TPSA) is 0 Å². The third kappa shape index (κ3) is 3.12. The zero-order chi connectivity index (χ0) is 15.4. The molecule has 0 bridgehead atoms. The maximum Gasteiger partial charge on any atom is 0.0373 e. The highest BCUT2D eigenvalue weighted by Gasteiger charge is 2.22. The van der Waals surface area contributed by atoms with Crippen LogP contribution >= 0.6 is 31.9 Å². The molecular formula is C18H24Br2. The van der Waals surface area contributed by atoms with Gasteiger partial charge in [-0.05, 0) is 59.6 Å². The van der Waals surface area contributed by atoms with Crippen LogP contribution < -0.4 is 0 Å². The Bertz CT molecular complexity index is 525. The first kappa shape index (κ1) is 17.7. The van der Waals surface area contributed by atoms with Crippen LogP contribution in [0.4, 0.5) is 0 Å². The first-order valence-electron chi connectivity index (χ1n) is 7.26. The standard InChI is InChI=1S/C18H24Br2/c1-7-13-14(8-2)17(11(5)19)16(10-4)18(12(6)20)15(13)9-3/h7,12H,1,5,8-10H2,2-4,6H3/t12-/m1/s1. The van der Waals surface area contributed by atoms with Gasteiger partial charge in [0.1, 0.15) is 0 Å². The summed E-state index contributed by atoms with van der Waals surface area (Å²) in [4.78, 5) is 0.336. The maximum atomic E-state index is 4.14. The number of rotatable bonds is 6. The van der Waals surface area contributed by atoms with Gasteiger partial charge in [0.2, 0.25) is 0 Å². The number of halogens is 2. The van der Waals surface area contributed by atoms with Crippen LogP contribution in [0.3, 0.4) is 0 Å². The summed E-state index contributed by atoms with van der Waals surface area (Å²) >= 11 is 7.39. The second kappa shape index (κ2) is 7.61. The van der Waals surface area contributed by atoms with E-state index in [0.29, 0.717) is 4.83 Å². The molecule has 0 heterocycles. The fourth-order valence-electron chi connectivity index (χ4n) is 3.13. The highest BCUT2D eigenvalue weighted by Crippen LogP contribution is 2.40. The van der Waals surface area contributed by atoms with Crippen molar-refractivity contribution in [3.05, 3.63) is 46.5 Å². The van der Waals surface area contributed by atoms with Crippen LogP contribution in [0.2, 0.25) is 0 Å². The van der Waals surface area contributed by atoms with Gasteiger partial charge >= 0.3 is 0 Å².